The van der Waals surface area contributed by atoms with Crippen molar-refractivity contribution in [3.8, 4) is 11.3 Å². The van der Waals surface area contributed by atoms with Gasteiger partial charge in [0, 0.05) is 5.56 Å². The third kappa shape index (κ3) is 2.78. The number of aryl methyl sites for hydroxylation is 1. The molecule has 3 aromatic rings. The van der Waals surface area contributed by atoms with Crippen LogP contribution in [0.5, 0.6) is 0 Å². The van der Waals surface area contributed by atoms with E-state index in [0.29, 0.717) is 22.8 Å². The maximum absolute atomic E-state index is 12.9. The second-order valence-corrected chi connectivity index (χ2v) is 5.99. The van der Waals surface area contributed by atoms with Crippen LogP contribution in [-0.2, 0) is 4.79 Å². The first-order valence-electron chi connectivity index (χ1n) is 7.95. The minimum atomic E-state index is -0.284. The van der Waals surface area contributed by atoms with Crippen molar-refractivity contribution in [1.82, 2.24) is 10.2 Å². The lowest BCUT2D eigenvalue weighted by molar-refractivity contribution is -0.115. The number of hydrogen-bond acceptors (Lipinski definition) is 3. The van der Waals surface area contributed by atoms with E-state index in [1.165, 1.54) is 4.90 Å². The lowest BCUT2D eigenvalue weighted by Gasteiger charge is -2.28. The maximum Gasteiger partial charge on any atom is 0.276 e. The Hall–Kier alpha value is -3.41. The summed E-state index contributed by atoms with van der Waals surface area (Å²) in [6.45, 7) is 2.00. The van der Waals surface area contributed by atoms with Crippen LogP contribution in [0.15, 0.2) is 54.6 Å². The summed E-state index contributed by atoms with van der Waals surface area (Å²) in [5.41, 5.74) is 4.44. The molecule has 0 fully saturated rings. The van der Waals surface area contributed by atoms with E-state index >= 15 is 0 Å². The number of nitrogens with zero attached hydrogens (tertiary/aromatic N) is 2. The fourth-order valence-electron chi connectivity index (χ4n) is 2.86. The lowest BCUT2D eigenvalue weighted by Crippen LogP contribution is -2.42. The van der Waals surface area contributed by atoms with Crippen molar-refractivity contribution in [2.45, 2.75) is 6.92 Å². The van der Waals surface area contributed by atoms with Gasteiger partial charge < -0.3 is 5.32 Å². The number of H-pyrrole nitrogens is 1. The van der Waals surface area contributed by atoms with Crippen LogP contribution in [0, 0.1) is 6.92 Å². The highest BCUT2D eigenvalue weighted by molar-refractivity contribution is 6.14. The lowest BCUT2D eigenvalue weighted by atomic mass is 10.1. The monoisotopic (exact) mass is 332 g/mol. The molecule has 1 aliphatic rings. The Balaban J connectivity index is 1.66. The fourth-order valence-corrected chi connectivity index (χ4v) is 2.86. The summed E-state index contributed by atoms with van der Waals surface area (Å²) in [5.74, 6) is -0.501. The Morgan fingerprint density at radius 2 is 1.88 bits per heavy atom. The van der Waals surface area contributed by atoms with Crippen molar-refractivity contribution in [3.63, 3.8) is 0 Å². The second kappa shape index (κ2) is 5.90. The Morgan fingerprint density at radius 3 is 2.68 bits per heavy atom. The van der Waals surface area contributed by atoms with Gasteiger partial charge in [0.1, 0.15) is 12.2 Å². The SMILES string of the molecule is Cc1ccc(-c2cc(C(=O)N3CC(=O)Nc4ccccc43)[nH]n2)cc1. The van der Waals surface area contributed by atoms with E-state index in [9.17, 15) is 9.59 Å². The van der Waals surface area contributed by atoms with Gasteiger partial charge >= 0.3 is 0 Å². The molecule has 25 heavy (non-hydrogen) atoms. The molecule has 2 N–H and O–H groups in total. The van der Waals surface area contributed by atoms with Crippen LogP contribution >= 0.6 is 0 Å². The van der Waals surface area contributed by atoms with Gasteiger partial charge in [0.25, 0.3) is 5.91 Å². The molecule has 0 unspecified atom stereocenters. The van der Waals surface area contributed by atoms with Crippen LogP contribution in [0.1, 0.15) is 16.1 Å². The standard InChI is InChI=1S/C19H16N4O2/c1-12-6-8-13(9-7-12)15-10-16(22-21-15)19(25)23-11-18(24)20-14-4-2-3-5-17(14)23/h2-10H,11H2,1H3,(H,20,24)(H,21,22). The van der Waals surface area contributed by atoms with Crippen molar-refractivity contribution in [2.75, 3.05) is 16.8 Å². The van der Waals surface area contributed by atoms with Gasteiger partial charge in [-0.2, -0.15) is 5.10 Å². The maximum atomic E-state index is 12.9. The Bertz CT molecular complexity index is 960. The number of benzene rings is 2. The molecule has 0 atom stereocenters. The van der Waals surface area contributed by atoms with Gasteiger partial charge in [0.2, 0.25) is 5.91 Å². The first kappa shape index (κ1) is 15.1. The van der Waals surface area contributed by atoms with E-state index in [2.05, 4.69) is 15.5 Å². The van der Waals surface area contributed by atoms with E-state index in [1.54, 1.807) is 12.1 Å². The van der Waals surface area contributed by atoms with E-state index in [0.717, 1.165) is 11.1 Å². The largest absolute Gasteiger partial charge is 0.323 e. The van der Waals surface area contributed by atoms with Crippen LogP contribution in [-0.4, -0.2) is 28.6 Å². The molecule has 6 heteroatoms. The van der Waals surface area contributed by atoms with Gasteiger partial charge in [0.05, 0.1) is 17.1 Å². The first-order valence-corrected chi connectivity index (χ1v) is 7.95. The summed E-state index contributed by atoms with van der Waals surface area (Å²) in [6.07, 6.45) is 0. The molecule has 1 aliphatic heterocycles. The summed E-state index contributed by atoms with van der Waals surface area (Å²) >= 11 is 0. The molecule has 2 amide bonds. The van der Waals surface area contributed by atoms with Gasteiger partial charge in [-0.1, -0.05) is 42.0 Å². The number of aromatic nitrogens is 2. The van der Waals surface area contributed by atoms with Gasteiger partial charge in [-0.15, -0.1) is 0 Å². The number of para-hydroxylation sites is 2. The van der Waals surface area contributed by atoms with E-state index in [-0.39, 0.29) is 18.4 Å². The average molecular weight is 332 g/mol. The molecule has 0 radical (unpaired) electrons. The normalized spacial score (nSPS) is 13.3. The molecular weight excluding hydrogens is 316 g/mol. The third-order valence-electron chi connectivity index (χ3n) is 4.17. The number of amides is 2. The molecule has 0 spiro atoms. The highest BCUT2D eigenvalue weighted by Crippen LogP contribution is 2.30. The van der Waals surface area contributed by atoms with Crippen molar-refractivity contribution in [1.29, 1.82) is 0 Å². The number of carbonyl (C=O) groups is 2. The highest BCUT2D eigenvalue weighted by Gasteiger charge is 2.28. The number of aromatic amines is 1. The summed E-state index contributed by atoms with van der Waals surface area (Å²) in [6, 6.07) is 16.9. The molecule has 124 valence electrons. The number of hydrogen-bond donors (Lipinski definition) is 2. The first-order chi connectivity index (χ1) is 12.1. The van der Waals surface area contributed by atoms with Gasteiger partial charge in [-0.3, -0.25) is 19.6 Å². The van der Waals surface area contributed by atoms with Crippen molar-refractivity contribution < 1.29 is 9.59 Å². The van der Waals surface area contributed by atoms with E-state index in [4.69, 9.17) is 0 Å². The Labute approximate surface area is 144 Å². The zero-order valence-corrected chi connectivity index (χ0v) is 13.6. The second-order valence-electron chi connectivity index (χ2n) is 5.99. The van der Waals surface area contributed by atoms with Crippen LogP contribution in [0.2, 0.25) is 0 Å². The highest BCUT2D eigenvalue weighted by atomic mass is 16.2. The number of nitrogens with one attached hydrogen (secondary N) is 2. The minimum absolute atomic E-state index is 0.0191. The van der Waals surface area contributed by atoms with E-state index in [1.807, 2.05) is 49.4 Å². The van der Waals surface area contributed by atoms with Crippen LogP contribution in [0.25, 0.3) is 11.3 Å². The predicted octanol–water partition coefficient (Wildman–Crippen LogP) is 2.98. The molecule has 1 aromatic heterocycles. The molecule has 6 nitrogen and oxygen atoms in total. The zero-order chi connectivity index (χ0) is 17.4. The Kier molecular flexibility index (Phi) is 3.57. The van der Waals surface area contributed by atoms with Crippen LogP contribution in [0.4, 0.5) is 11.4 Å². The van der Waals surface area contributed by atoms with Crippen molar-refractivity contribution >= 4 is 23.2 Å². The predicted molar refractivity (Wildman–Crippen MR) is 95.5 cm³/mol. The molecular formula is C19H16N4O2. The summed E-state index contributed by atoms with van der Waals surface area (Å²) in [5, 5.41) is 9.80. The smallest absolute Gasteiger partial charge is 0.276 e. The van der Waals surface area contributed by atoms with Gasteiger partial charge in [0.15, 0.2) is 0 Å². The summed E-state index contributed by atoms with van der Waals surface area (Å²) in [7, 11) is 0. The van der Waals surface area contributed by atoms with Crippen LogP contribution in [0.3, 0.4) is 0 Å². The van der Waals surface area contributed by atoms with Crippen LogP contribution < -0.4 is 10.2 Å². The fraction of sp³-hybridized carbons (Fsp3) is 0.105. The molecule has 0 bridgehead atoms. The number of rotatable bonds is 2. The molecule has 4 rings (SSSR count). The minimum Gasteiger partial charge on any atom is -0.323 e. The average Bonchev–Trinajstić information content (AvgIpc) is 3.11. The van der Waals surface area contributed by atoms with E-state index < -0.39 is 0 Å². The number of fused-ring (bicyclic) bond motifs is 1. The summed E-state index contributed by atoms with van der Waals surface area (Å²) in [4.78, 5) is 26.2. The Morgan fingerprint density at radius 1 is 1.12 bits per heavy atom. The molecule has 2 aromatic carbocycles. The number of anilines is 2. The molecule has 0 saturated carbocycles. The molecule has 2 heterocycles. The number of carbonyl (C=O) groups excluding carboxylic acids is 2. The topological polar surface area (TPSA) is 78.1 Å². The third-order valence-corrected chi connectivity index (χ3v) is 4.17. The zero-order valence-electron chi connectivity index (χ0n) is 13.6. The molecule has 0 aliphatic carbocycles. The molecule has 0 saturated heterocycles. The quantitative estimate of drug-likeness (QED) is 0.757. The van der Waals surface area contributed by atoms with Crippen molar-refractivity contribution in [2.24, 2.45) is 0 Å². The summed E-state index contributed by atoms with van der Waals surface area (Å²) < 4.78 is 0. The van der Waals surface area contributed by atoms with Gasteiger partial charge in [-0.25, -0.2) is 0 Å². The van der Waals surface area contributed by atoms with Crippen molar-refractivity contribution in [3.05, 3.63) is 65.9 Å². The van der Waals surface area contributed by atoms with Gasteiger partial charge in [-0.05, 0) is 25.1 Å².